The number of rotatable bonds is 3. The quantitative estimate of drug-likeness (QED) is 0.892. The van der Waals surface area contributed by atoms with Crippen LogP contribution in [0.25, 0.3) is 11.2 Å². The van der Waals surface area contributed by atoms with E-state index in [1.807, 2.05) is 6.07 Å². The number of hydrogen-bond donors (Lipinski definition) is 2. The van der Waals surface area contributed by atoms with Gasteiger partial charge < -0.3 is 11.5 Å². The van der Waals surface area contributed by atoms with E-state index in [0.717, 1.165) is 4.47 Å². The monoisotopic (exact) mass is 311 g/mol. The van der Waals surface area contributed by atoms with Gasteiger partial charge >= 0.3 is 0 Å². The lowest BCUT2D eigenvalue weighted by molar-refractivity contribution is -0.126. The topological polar surface area (TPSA) is 99.8 Å². The second kappa shape index (κ2) is 4.24. The molecule has 0 spiro atoms. The van der Waals surface area contributed by atoms with Crippen LogP contribution in [0.5, 0.6) is 0 Å². The summed E-state index contributed by atoms with van der Waals surface area (Å²) in [6.07, 6.45) is 1.66. The smallest absolute Gasteiger partial charge is 0.224 e. The fourth-order valence-electron chi connectivity index (χ4n) is 1.63. The van der Waals surface area contributed by atoms with Gasteiger partial charge in [0.1, 0.15) is 5.52 Å². The summed E-state index contributed by atoms with van der Waals surface area (Å²) in [5, 5.41) is 0. The van der Waals surface area contributed by atoms with E-state index in [0.29, 0.717) is 23.7 Å². The number of anilines is 1. The first-order chi connectivity index (χ1) is 8.31. The molecule has 0 bridgehead atoms. The Balaban J connectivity index is 2.51. The Morgan fingerprint density at radius 3 is 2.83 bits per heavy atom. The minimum absolute atomic E-state index is 0.324. The Labute approximate surface area is 113 Å². The average molecular weight is 312 g/mol. The molecule has 0 aliphatic rings. The molecule has 0 aliphatic carbocycles. The Kier molecular flexibility index (Phi) is 3.02. The third-order valence-electron chi connectivity index (χ3n) is 2.80. The largest absolute Gasteiger partial charge is 0.369 e. The van der Waals surface area contributed by atoms with Crippen LogP contribution in [-0.2, 0) is 11.3 Å². The molecule has 0 aromatic carbocycles. The van der Waals surface area contributed by atoms with Crippen LogP contribution in [-0.4, -0.2) is 20.4 Å². The van der Waals surface area contributed by atoms with Crippen molar-refractivity contribution in [3.8, 4) is 0 Å². The standard InChI is InChI=1S/C11H14BrN5O/c1-11(2,9(13)18)5-17-8-7(16-10(17)14)3-6(12)4-15-8/h3-4H,5H2,1-2H3,(H2,13,18)(H2,14,16). The summed E-state index contributed by atoms with van der Waals surface area (Å²) in [7, 11) is 0. The van der Waals surface area contributed by atoms with E-state index >= 15 is 0 Å². The zero-order chi connectivity index (χ0) is 13.5. The number of imidazole rings is 1. The molecule has 2 heterocycles. The lowest BCUT2D eigenvalue weighted by Gasteiger charge is -2.21. The van der Waals surface area contributed by atoms with Crippen molar-refractivity contribution in [3.63, 3.8) is 0 Å². The minimum atomic E-state index is -0.712. The van der Waals surface area contributed by atoms with E-state index in [4.69, 9.17) is 11.5 Å². The molecule has 0 radical (unpaired) electrons. The Morgan fingerprint density at radius 1 is 1.56 bits per heavy atom. The molecule has 6 nitrogen and oxygen atoms in total. The molecule has 0 unspecified atom stereocenters. The van der Waals surface area contributed by atoms with Crippen molar-refractivity contribution < 1.29 is 4.79 Å². The normalized spacial score (nSPS) is 11.9. The van der Waals surface area contributed by atoms with Gasteiger partial charge in [-0.05, 0) is 35.8 Å². The number of nitrogens with zero attached hydrogens (tertiary/aromatic N) is 3. The minimum Gasteiger partial charge on any atom is -0.369 e. The molecular formula is C11H14BrN5O. The number of primary amides is 1. The molecule has 0 atom stereocenters. The van der Waals surface area contributed by atoms with Gasteiger partial charge in [0.05, 0.1) is 5.41 Å². The van der Waals surface area contributed by atoms with Crippen LogP contribution < -0.4 is 11.5 Å². The molecule has 2 aromatic rings. The van der Waals surface area contributed by atoms with E-state index in [1.54, 1.807) is 24.6 Å². The molecule has 0 saturated carbocycles. The SMILES string of the molecule is CC(C)(Cn1c(N)nc2cc(Br)cnc21)C(N)=O. The maximum Gasteiger partial charge on any atom is 0.224 e. The second-order valence-electron chi connectivity index (χ2n) is 4.80. The van der Waals surface area contributed by atoms with Crippen LogP contribution in [0.4, 0.5) is 5.95 Å². The Bertz CT molecular complexity index is 619. The highest BCUT2D eigenvalue weighted by atomic mass is 79.9. The van der Waals surface area contributed by atoms with Crippen LogP contribution in [0.2, 0.25) is 0 Å². The molecule has 2 aromatic heterocycles. The number of amides is 1. The highest BCUT2D eigenvalue weighted by molar-refractivity contribution is 9.10. The first kappa shape index (κ1) is 12.8. The number of halogens is 1. The van der Waals surface area contributed by atoms with Crippen molar-refractivity contribution in [2.24, 2.45) is 11.1 Å². The van der Waals surface area contributed by atoms with Crippen molar-refractivity contribution in [2.75, 3.05) is 5.73 Å². The zero-order valence-electron chi connectivity index (χ0n) is 10.1. The lowest BCUT2D eigenvalue weighted by atomic mass is 9.93. The summed E-state index contributed by atoms with van der Waals surface area (Å²) in [5.41, 5.74) is 11.8. The first-order valence-electron chi connectivity index (χ1n) is 5.38. The third kappa shape index (κ3) is 2.17. The van der Waals surface area contributed by atoms with E-state index in [-0.39, 0.29) is 5.91 Å². The summed E-state index contributed by atoms with van der Waals surface area (Å²) in [6.45, 7) is 3.87. The predicted molar refractivity (Wildman–Crippen MR) is 72.6 cm³/mol. The highest BCUT2D eigenvalue weighted by Gasteiger charge is 2.27. The van der Waals surface area contributed by atoms with Gasteiger partial charge in [0.25, 0.3) is 0 Å². The Hall–Kier alpha value is -1.63. The van der Waals surface area contributed by atoms with Crippen molar-refractivity contribution >= 4 is 38.9 Å². The van der Waals surface area contributed by atoms with Gasteiger partial charge in [-0.25, -0.2) is 9.97 Å². The van der Waals surface area contributed by atoms with Gasteiger partial charge in [0.15, 0.2) is 5.65 Å². The fourth-order valence-corrected chi connectivity index (χ4v) is 1.95. The summed E-state index contributed by atoms with van der Waals surface area (Å²) in [6, 6.07) is 1.83. The average Bonchev–Trinajstić information content (AvgIpc) is 2.54. The van der Waals surface area contributed by atoms with Crippen molar-refractivity contribution in [1.82, 2.24) is 14.5 Å². The van der Waals surface area contributed by atoms with Gasteiger partial charge in [-0.3, -0.25) is 9.36 Å². The van der Waals surface area contributed by atoms with Gasteiger partial charge in [0, 0.05) is 17.2 Å². The molecule has 96 valence electrons. The second-order valence-corrected chi connectivity index (χ2v) is 5.72. The number of aromatic nitrogens is 3. The van der Waals surface area contributed by atoms with E-state index in [1.165, 1.54) is 0 Å². The number of carbonyl (C=O) groups is 1. The maximum absolute atomic E-state index is 11.4. The molecule has 2 rings (SSSR count). The van der Waals surface area contributed by atoms with E-state index < -0.39 is 5.41 Å². The zero-order valence-corrected chi connectivity index (χ0v) is 11.7. The van der Waals surface area contributed by atoms with E-state index in [9.17, 15) is 4.79 Å². The van der Waals surface area contributed by atoms with Crippen LogP contribution in [0.3, 0.4) is 0 Å². The summed E-state index contributed by atoms with van der Waals surface area (Å²) in [5.74, 6) is -0.0641. The molecule has 0 fully saturated rings. The summed E-state index contributed by atoms with van der Waals surface area (Å²) >= 11 is 3.32. The maximum atomic E-state index is 11.4. The first-order valence-corrected chi connectivity index (χ1v) is 6.18. The number of carbonyl (C=O) groups excluding carboxylic acids is 1. The van der Waals surface area contributed by atoms with E-state index in [2.05, 4.69) is 25.9 Å². The van der Waals surface area contributed by atoms with Crippen molar-refractivity contribution in [1.29, 1.82) is 0 Å². The van der Waals surface area contributed by atoms with Gasteiger partial charge in [-0.15, -0.1) is 0 Å². The lowest BCUT2D eigenvalue weighted by Crippen LogP contribution is -2.35. The van der Waals surface area contributed by atoms with Crippen LogP contribution in [0, 0.1) is 5.41 Å². The number of nitrogens with two attached hydrogens (primary N) is 2. The van der Waals surface area contributed by atoms with Crippen LogP contribution in [0.1, 0.15) is 13.8 Å². The number of nitrogen functional groups attached to an aromatic ring is 1. The van der Waals surface area contributed by atoms with Crippen LogP contribution in [0.15, 0.2) is 16.7 Å². The van der Waals surface area contributed by atoms with Gasteiger partial charge in [-0.1, -0.05) is 0 Å². The number of pyridine rings is 1. The molecule has 1 amide bonds. The molecule has 7 heteroatoms. The molecule has 4 N–H and O–H groups in total. The van der Waals surface area contributed by atoms with Crippen LogP contribution >= 0.6 is 15.9 Å². The van der Waals surface area contributed by atoms with Gasteiger partial charge in [-0.2, -0.15) is 0 Å². The summed E-state index contributed by atoms with van der Waals surface area (Å²) in [4.78, 5) is 19.8. The highest BCUT2D eigenvalue weighted by Crippen LogP contribution is 2.24. The molecule has 0 aliphatic heterocycles. The predicted octanol–water partition coefficient (Wildman–Crippen LogP) is 1.29. The van der Waals surface area contributed by atoms with Crippen molar-refractivity contribution in [3.05, 3.63) is 16.7 Å². The van der Waals surface area contributed by atoms with Crippen molar-refractivity contribution in [2.45, 2.75) is 20.4 Å². The number of fused-ring (bicyclic) bond motifs is 1. The third-order valence-corrected chi connectivity index (χ3v) is 3.24. The fraction of sp³-hybridized carbons (Fsp3) is 0.364. The molecule has 0 saturated heterocycles. The Morgan fingerprint density at radius 2 is 2.22 bits per heavy atom. The summed E-state index contributed by atoms with van der Waals surface area (Å²) < 4.78 is 2.53. The molecule has 18 heavy (non-hydrogen) atoms. The van der Waals surface area contributed by atoms with Gasteiger partial charge in [0.2, 0.25) is 11.9 Å². The molecular weight excluding hydrogens is 298 g/mol. The number of hydrogen-bond acceptors (Lipinski definition) is 4.